The predicted octanol–water partition coefficient (Wildman–Crippen LogP) is 5.96. The molecule has 2 N–H and O–H groups in total. The van der Waals surface area contributed by atoms with Crippen molar-refractivity contribution in [1.82, 2.24) is 25.1 Å². The molecular weight excluding hydrogens is 440 g/mol. The molecular formula is C27H38N6O2. The molecule has 188 valence electrons. The summed E-state index contributed by atoms with van der Waals surface area (Å²) in [5.41, 5.74) is 2.14. The van der Waals surface area contributed by atoms with E-state index in [1.54, 1.807) is 0 Å². The number of hydrogen-bond acceptors (Lipinski definition) is 6. The summed E-state index contributed by atoms with van der Waals surface area (Å²) in [6, 6.07) is 10.5. The Hall–Kier alpha value is -3.16. The monoisotopic (exact) mass is 478 g/mol. The van der Waals surface area contributed by atoms with Crippen LogP contribution in [0.2, 0.25) is 0 Å². The summed E-state index contributed by atoms with van der Waals surface area (Å²) in [6.07, 6.45) is 6.52. The third kappa shape index (κ3) is 6.29. The van der Waals surface area contributed by atoms with Crippen LogP contribution in [0, 0.1) is 5.92 Å². The number of ether oxygens (including phenoxy) is 1. The number of fused-ring (bicyclic) bond motifs is 1. The number of nitrogens with zero attached hydrogens (tertiary/aromatic N) is 4. The second-order valence-electron chi connectivity index (χ2n) is 10.6. The number of rotatable bonds is 7. The number of carbonyl (C=O) groups is 1. The first-order valence-electron chi connectivity index (χ1n) is 12.8. The minimum Gasteiger partial charge on any atom is -0.444 e. The quantitative estimate of drug-likeness (QED) is 0.435. The molecule has 4 rings (SSSR count). The fraction of sp³-hybridized carbons (Fsp3) is 0.556. The Morgan fingerprint density at radius 2 is 1.94 bits per heavy atom. The van der Waals surface area contributed by atoms with E-state index < -0.39 is 5.60 Å². The molecule has 0 radical (unpaired) electrons. The second-order valence-corrected chi connectivity index (χ2v) is 10.6. The third-order valence-corrected chi connectivity index (χ3v) is 6.61. The van der Waals surface area contributed by atoms with Crippen molar-refractivity contribution in [3.8, 4) is 11.4 Å². The van der Waals surface area contributed by atoms with Crippen molar-refractivity contribution < 1.29 is 9.53 Å². The van der Waals surface area contributed by atoms with E-state index in [9.17, 15) is 4.79 Å². The van der Waals surface area contributed by atoms with Gasteiger partial charge in [0.1, 0.15) is 17.1 Å². The molecule has 0 bridgehead atoms. The summed E-state index contributed by atoms with van der Waals surface area (Å²) < 4.78 is 7.40. The highest BCUT2D eigenvalue weighted by atomic mass is 16.6. The average Bonchev–Trinajstić information content (AvgIpc) is 3.22. The lowest BCUT2D eigenvalue weighted by molar-refractivity contribution is 0.0488. The minimum atomic E-state index is -0.470. The number of alkyl carbamates (subject to hydrolysis) is 1. The highest BCUT2D eigenvalue weighted by molar-refractivity contribution is 5.90. The summed E-state index contributed by atoms with van der Waals surface area (Å²) in [5.74, 6) is 1.40. The Kier molecular flexibility index (Phi) is 7.57. The zero-order valence-electron chi connectivity index (χ0n) is 21.5. The molecule has 35 heavy (non-hydrogen) atoms. The fourth-order valence-electron chi connectivity index (χ4n) is 4.54. The third-order valence-electron chi connectivity index (χ3n) is 6.61. The summed E-state index contributed by atoms with van der Waals surface area (Å²) in [4.78, 5) is 21.5. The van der Waals surface area contributed by atoms with Gasteiger partial charge in [-0.05, 0) is 90.0 Å². The molecule has 0 aliphatic heterocycles. The van der Waals surface area contributed by atoms with Crippen LogP contribution in [0.25, 0.3) is 22.4 Å². The van der Waals surface area contributed by atoms with Crippen molar-refractivity contribution in [3.63, 3.8) is 0 Å². The van der Waals surface area contributed by atoms with Gasteiger partial charge < -0.3 is 15.4 Å². The molecule has 1 amide bonds. The number of aromatic nitrogens is 4. The van der Waals surface area contributed by atoms with Gasteiger partial charge >= 0.3 is 6.09 Å². The second kappa shape index (κ2) is 10.6. The highest BCUT2D eigenvalue weighted by Crippen LogP contribution is 2.29. The summed E-state index contributed by atoms with van der Waals surface area (Å²) >= 11 is 0. The van der Waals surface area contributed by atoms with Gasteiger partial charge in [-0.1, -0.05) is 13.0 Å². The lowest BCUT2D eigenvalue weighted by Gasteiger charge is -2.30. The molecule has 1 saturated carbocycles. The first-order valence-corrected chi connectivity index (χ1v) is 12.8. The normalized spacial score (nSPS) is 19.3. The Morgan fingerprint density at radius 3 is 2.66 bits per heavy atom. The van der Waals surface area contributed by atoms with Crippen molar-refractivity contribution >= 4 is 22.9 Å². The number of hydrogen-bond donors (Lipinski definition) is 2. The smallest absolute Gasteiger partial charge is 0.407 e. The molecule has 8 heteroatoms. The van der Waals surface area contributed by atoms with Crippen LogP contribution in [0.4, 0.5) is 10.6 Å². The maximum Gasteiger partial charge on any atom is 0.407 e. The van der Waals surface area contributed by atoms with E-state index in [0.717, 1.165) is 66.9 Å². The molecule has 1 atom stereocenters. The van der Waals surface area contributed by atoms with Gasteiger partial charge in [-0.2, -0.15) is 5.10 Å². The molecule has 1 aliphatic carbocycles. The number of pyridine rings is 2. The lowest BCUT2D eigenvalue weighted by atomic mass is 9.86. The molecule has 1 unspecified atom stereocenters. The first-order chi connectivity index (χ1) is 16.7. The van der Waals surface area contributed by atoms with Crippen LogP contribution in [0.1, 0.15) is 72.8 Å². The summed E-state index contributed by atoms with van der Waals surface area (Å²) in [6.45, 7) is 10.8. The Bertz CT molecular complexity index is 1140. The topological polar surface area (TPSA) is 94.0 Å². The van der Waals surface area contributed by atoms with Crippen molar-refractivity contribution in [3.05, 3.63) is 36.5 Å². The largest absolute Gasteiger partial charge is 0.444 e. The van der Waals surface area contributed by atoms with Crippen LogP contribution in [0.15, 0.2) is 36.5 Å². The van der Waals surface area contributed by atoms with Gasteiger partial charge in [0.2, 0.25) is 0 Å². The van der Waals surface area contributed by atoms with Crippen LogP contribution >= 0.6 is 0 Å². The van der Waals surface area contributed by atoms with Gasteiger partial charge in [-0.25, -0.2) is 19.4 Å². The molecule has 8 nitrogen and oxygen atoms in total. The van der Waals surface area contributed by atoms with E-state index in [1.807, 2.05) is 55.9 Å². The zero-order chi connectivity index (χ0) is 25.0. The minimum absolute atomic E-state index is 0.185. The number of amides is 1. The molecule has 0 aromatic carbocycles. The molecule has 0 saturated heterocycles. The van der Waals surface area contributed by atoms with E-state index in [2.05, 4.69) is 35.5 Å². The van der Waals surface area contributed by atoms with E-state index in [1.165, 1.54) is 0 Å². The van der Waals surface area contributed by atoms with Crippen LogP contribution in [-0.2, 0) is 4.74 Å². The molecule has 3 aromatic heterocycles. The van der Waals surface area contributed by atoms with Crippen molar-refractivity contribution in [2.24, 2.45) is 5.92 Å². The van der Waals surface area contributed by atoms with E-state index in [4.69, 9.17) is 14.8 Å². The lowest BCUT2D eigenvalue weighted by Crippen LogP contribution is -2.41. The Morgan fingerprint density at radius 1 is 1.17 bits per heavy atom. The van der Waals surface area contributed by atoms with Gasteiger partial charge in [0, 0.05) is 24.2 Å². The SMILES string of the molecule is CCC(C)n1nc(-c2cccc(NCC3CCC(NC(=O)OC(C)(C)C)CC3)n2)c2cccnc21. The zero-order valence-corrected chi connectivity index (χ0v) is 21.5. The summed E-state index contributed by atoms with van der Waals surface area (Å²) in [7, 11) is 0. The number of carbonyl (C=O) groups excluding carboxylic acids is 1. The van der Waals surface area contributed by atoms with Gasteiger partial charge in [0.25, 0.3) is 0 Å². The van der Waals surface area contributed by atoms with E-state index >= 15 is 0 Å². The van der Waals surface area contributed by atoms with Crippen LogP contribution < -0.4 is 10.6 Å². The molecule has 3 heterocycles. The van der Waals surface area contributed by atoms with E-state index in [0.29, 0.717) is 5.92 Å². The van der Waals surface area contributed by atoms with Crippen molar-refractivity contribution in [1.29, 1.82) is 0 Å². The maximum atomic E-state index is 12.0. The van der Waals surface area contributed by atoms with Crippen LogP contribution in [0.3, 0.4) is 0 Å². The summed E-state index contributed by atoms with van der Waals surface area (Å²) in [5, 5.41) is 12.5. The number of nitrogens with one attached hydrogen (secondary N) is 2. The standard InChI is InChI=1S/C27H38N6O2/c1-6-18(2)33-25-21(9-8-16-28-25)24(32-33)22-10-7-11-23(31-22)29-17-19-12-14-20(15-13-19)30-26(34)35-27(3,4)5/h7-11,16,18-20H,6,12-15,17H2,1-5H3,(H,29,31)(H,30,34). The fourth-order valence-corrected chi connectivity index (χ4v) is 4.54. The molecule has 1 fully saturated rings. The highest BCUT2D eigenvalue weighted by Gasteiger charge is 2.25. The van der Waals surface area contributed by atoms with Crippen molar-refractivity contribution in [2.45, 2.75) is 84.4 Å². The molecule has 0 spiro atoms. The van der Waals surface area contributed by atoms with Crippen LogP contribution in [0.5, 0.6) is 0 Å². The van der Waals surface area contributed by atoms with Gasteiger partial charge in [0.15, 0.2) is 5.65 Å². The molecule has 1 aliphatic rings. The predicted molar refractivity (Wildman–Crippen MR) is 139 cm³/mol. The van der Waals surface area contributed by atoms with Crippen LogP contribution in [-0.4, -0.2) is 44.0 Å². The first kappa shape index (κ1) is 24.9. The average molecular weight is 479 g/mol. The Labute approximate surface area is 207 Å². The van der Waals surface area contributed by atoms with E-state index in [-0.39, 0.29) is 18.2 Å². The Balaban J connectivity index is 1.36. The number of anilines is 1. The maximum absolute atomic E-state index is 12.0. The molecule has 3 aromatic rings. The van der Waals surface area contributed by atoms with Gasteiger partial charge in [-0.3, -0.25) is 0 Å². The van der Waals surface area contributed by atoms with Crippen molar-refractivity contribution in [2.75, 3.05) is 11.9 Å². The van der Waals surface area contributed by atoms with Gasteiger partial charge in [0.05, 0.1) is 11.7 Å². The van der Waals surface area contributed by atoms with Gasteiger partial charge in [-0.15, -0.1) is 0 Å².